The number of aromatic nitrogens is 2. The van der Waals surface area contributed by atoms with E-state index in [-0.39, 0.29) is 11.9 Å². The third-order valence-corrected chi connectivity index (χ3v) is 6.02. The summed E-state index contributed by atoms with van der Waals surface area (Å²) in [6, 6.07) is 4.06. The van der Waals surface area contributed by atoms with E-state index in [2.05, 4.69) is 15.4 Å². The Bertz CT molecular complexity index is 847. The standard InChI is InChI=1S/C21H30N4O4/c1-14-10-18(16(3)25(14)20-11-15(2)29-23-20)21(26)22-12-19(17-4-7-28-13-17)24-5-8-27-9-6-24/h10-11,17,19H,4-9,12-13H2,1-3H3,(H,22,26). The summed E-state index contributed by atoms with van der Waals surface area (Å²) in [5.74, 6) is 1.83. The molecule has 2 fully saturated rings. The first-order valence-electron chi connectivity index (χ1n) is 10.3. The highest BCUT2D eigenvalue weighted by atomic mass is 16.5. The molecule has 8 heteroatoms. The molecule has 0 saturated carbocycles. The van der Waals surface area contributed by atoms with E-state index >= 15 is 0 Å². The molecule has 0 bridgehead atoms. The van der Waals surface area contributed by atoms with Gasteiger partial charge < -0.3 is 19.3 Å². The van der Waals surface area contributed by atoms with E-state index in [1.807, 2.05) is 37.5 Å². The lowest BCUT2D eigenvalue weighted by Crippen LogP contribution is -2.52. The molecular weight excluding hydrogens is 372 g/mol. The number of ether oxygens (including phenoxy) is 2. The van der Waals surface area contributed by atoms with Crippen molar-refractivity contribution in [3.63, 3.8) is 0 Å². The lowest BCUT2D eigenvalue weighted by atomic mass is 9.96. The van der Waals surface area contributed by atoms with Gasteiger partial charge in [-0.05, 0) is 33.3 Å². The fourth-order valence-corrected chi connectivity index (χ4v) is 4.46. The number of amides is 1. The van der Waals surface area contributed by atoms with Gasteiger partial charge in [0.25, 0.3) is 5.91 Å². The monoisotopic (exact) mass is 402 g/mol. The topological polar surface area (TPSA) is 81.8 Å². The molecule has 1 amide bonds. The molecule has 2 aliphatic heterocycles. The fraction of sp³-hybridized carbons (Fsp3) is 0.619. The molecule has 0 radical (unpaired) electrons. The molecule has 4 heterocycles. The first-order chi connectivity index (χ1) is 14.0. The van der Waals surface area contributed by atoms with Gasteiger partial charge in [-0.25, -0.2) is 0 Å². The van der Waals surface area contributed by atoms with Gasteiger partial charge in [-0.1, -0.05) is 5.16 Å². The summed E-state index contributed by atoms with van der Waals surface area (Å²) in [5.41, 5.74) is 2.49. The average Bonchev–Trinajstić information content (AvgIpc) is 3.44. The highest BCUT2D eigenvalue weighted by Gasteiger charge is 2.32. The zero-order valence-corrected chi connectivity index (χ0v) is 17.4. The molecule has 29 heavy (non-hydrogen) atoms. The highest BCUT2D eigenvalue weighted by Crippen LogP contribution is 2.23. The van der Waals surface area contributed by atoms with Crippen molar-refractivity contribution >= 4 is 5.91 Å². The first kappa shape index (κ1) is 20.1. The molecule has 2 unspecified atom stereocenters. The van der Waals surface area contributed by atoms with Crippen molar-refractivity contribution in [3.05, 3.63) is 34.8 Å². The molecular formula is C21H30N4O4. The number of carbonyl (C=O) groups is 1. The number of carbonyl (C=O) groups excluding carboxylic acids is 1. The number of aryl methyl sites for hydroxylation is 2. The molecule has 2 atom stereocenters. The predicted octanol–water partition coefficient (Wildman–Crippen LogP) is 1.86. The van der Waals surface area contributed by atoms with Gasteiger partial charge in [-0.2, -0.15) is 0 Å². The van der Waals surface area contributed by atoms with Gasteiger partial charge in [0.05, 0.1) is 25.4 Å². The second-order valence-corrected chi connectivity index (χ2v) is 7.97. The van der Waals surface area contributed by atoms with Crippen LogP contribution in [0.5, 0.6) is 0 Å². The van der Waals surface area contributed by atoms with Crippen LogP contribution in [0.15, 0.2) is 16.7 Å². The molecule has 1 N–H and O–H groups in total. The van der Waals surface area contributed by atoms with Crippen molar-refractivity contribution in [1.29, 1.82) is 0 Å². The summed E-state index contributed by atoms with van der Waals surface area (Å²) in [7, 11) is 0. The summed E-state index contributed by atoms with van der Waals surface area (Å²) in [5, 5.41) is 7.27. The smallest absolute Gasteiger partial charge is 0.253 e. The summed E-state index contributed by atoms with van der Waals surface area (Å²) in [4.78, 5) is 15.5. The molecule has 0 aromatic carbocycles. The molecule has 2 aromatic heterocycles. The molecule has 8 nitrogen and oxygen atoms in total. The molecule has 2 aromatic rings. The Morgan fingerprint density at radius 2 is 2.00 bits per heavy atom. The van der Waals surface area contributed by atoms with Crippen LogP contribution < -0.4 is 5.32 Å². The van der Waals surface area contributed by atoms with Crippen molar-refractivity contribution in [1.82, 2.24) is 19.9 Å². The Kier molecular flexibility index (Phi) is 6.03. The van der Waals surface area contributed by atoms with E-state index in [1.165, 1.54) is 0 Å². The summed E-state index contributed by atoms with van der Waals surface area (Å²) >= 11 is 0. The van der Waals surface area contributed by atoms with Gasteiger partial charge in [0, 0.05) is 55.7 Å². The van der Waals surface area contributed by atoms with E-state index < -0.39 is 0 Å². The second-order valence-electron chi connectivity index (χ2n) is 7.97. The normalized spacial score (nSPS) is 21.4. The number of hydrogen-bond donors (Lipinski definition) is 1. The number of hydrogen-bond acceptors (Lipinski definition) is 6. The van der Waals surface area contributed by atoms with Gasteiger partial charge in [0.2, 0.25) is 0 Å². The Morgan fingerprint density at radius 3 is 2.66 bits per heavy atom. The fourth-order valence-electron chi connectivity index (χ4n) is 4.46. The summed E-state index contributed by atoms with van der Waals surface area (Å²) < 4.78 is 18.3. The largest absolute Gasteiger partial charge is 0.381 e. The Labute approximate surface area is 171 Å². The quantitative estimate of drug-likeness (QED) is 0.794. The molecule has 2 saturated heterocycles. The van der Waals surface area contributed by atoms with Crippen LogP contribution in [-0.2, 0) is 9.47 Å². The lowest BCUT2D eigenvalue weighted by Gasteiger charge is -2.37. The molecule has 158 valence electrons. The highest BCUT2D eigenvalue weighted by molar-refractivity contribution is 5.95. The van der Waals surface area contributed by atoms with Crippen molar-refractivity contribution in [2.45, 2.75) is 33.2 Å². The second kappa shape index (κ2) is 8.69. The van der Waals surface area contributed by atoms with E-state index in [0.29, 0.717) is 23.8 Å². The van der Waals surface area contributed by atoms with Crippen molar-refractivity contribution in [3.8, 4) is 5.82 Å². The predicted molar refractivity (Wildman–Crippen MR) is 107 cm³/mol. The number of nitrogens with one attached hydrogen (secondary N) is 1. The zero-order chi connectivity index (χ0) is 20.4. The first-order valence-corrected chi connectivity index (χ1v) is 10.3. The van der Waals surface area contributed by atoms with Gasteiger partial charge in [0.1, 0.15) is 5.76 Å². The van der Waals surface area contributed by atoms with E-state index in [4.69, 9.17) is 14.0 Å². The third-order valence-electron chi connectivity index (χ3n) is 6.02. The van der Waals surface area contributed by atoms with Gasteiger partial charge in [-0.3, -0.25) is 14.3 Å². The summed E-state index contributed by atoms with van der Waals surface area (Å²) in [6.45, 7) is 11.2. The Balaban J connectivity index is 1.48. The molecule has 4 rings (SSSR count). The van der Waals surface area contributed by atoms with Crippen molar-refractivity contribution < 1.29 is 18.8 Å². The average molecular weight is 402 g/mol. The van der Waals surface area contributed by atoms with Crippen LogP contribution in [0.25, 0.3) is 5.82 Å². The van der Waals surface area contributed by atoms with Crippen LogP contribution in [0.4, 0.5) is 0 Å². The maximum Gasteiger partial charge on any atom is 0.253 e. The van der Waals surface area contributed by atoms with Gasteiger partial charge in [0.15, 0.2) is 5.82 Å². The van der Waals surface area contributed by atoms with Gasteiger partial charge >= 0.3 is 0 Å². The molecule has 0 spiro atoms. The third kappa shape index (κ3) is 4.24. The Hall–Kier alpha value is -2.16. The summed E-state index contributed by atoms with van der Waals surface area (Å²) in [6.07, 6.45) is 1.04. The lowest BCUT2D eigenvalue weighted by molar-refractivity contribution is 0.00166. The van der Waals surface area contributed by atoms with Crippen LogP contribution in [0, 0.1) is 26.7 Å². The number of nitrogens with zero attached hydrogens (tertiary/aromatic N) is 3. The number of rotatable bonds is 6. The minimum Gasteiger partial charge on any atom is -0.381 e. The minimum atomic E-state index is -0.0539. The Morgan fingerprint density at radius 1 is 1.21 bits per heavy atom. The van der Waals surface area contributed by atoms with Crippen LogP contribution in [0.2, 0.25) is 0 Å². The maximum absolute atomic E-state index is 13.0. The van der Waals surface area contributed by atoms with Crippen molar-refractivity contribution in [2.75, 3.05) is 46.1 Å². The zero-order valence-electron chi connectivity index (χ0n) is 17.4. The van der Waals surface area contributed by atoms with Crippen LogP contribution in [0.1, 0.15) is 33.9 Å². The van der Waals surface area contributed by atoms with Crippen LogP contribution in [0.3, 0.4) is 0 Å². The SMILES string of the molecule is Cc1cc(-n2c(C)cc(C(=O)NCC(C3CCOC3)N3CCOCC3)c2C)no1. The minimum absolute atomic E-state index is 0.0539. The molecule has 0 aliphatic carbocycles. The van der Waals surface area contributed by atoms with E-state index in [9.17, 15) is 4.79 Å². The van der Waals surface area contributed by atoms with Gasteiger partial charge in [-0.15, -0.1) is 0 Å². The van der Waals surface area contributed by atoms with E-state index in [1.54, 1.807) is 0 Å². The van der Waals surface area contributed by atoms with Crippen LogP contribution >= 0.6 is 0 Å². The maximum atomic E-state index is 13.0. The molecule has 2 aliphatic rings. The van der Waals surface area contributed by atoms with Crippen molar-refractivity contribution in [2.24, 2.45) is 5.92 Å². The van der Waals surface area contributed by atoms with Crippen LogP contribution in [-0.4, -0.2) is 72.6 Å². The number of morpholine rings is 1. The van der Waals surface area contributed by atoms with E-state index in [0.717, 1.165) is 63.1 Å².